The van der Waals surface area contributed by atoms with Crippen molar-refractivity contribution in [3.05, 3.63) is 52.9 Å². The Morgan fingerprint density at radius 3 is 2.72 bits per heavy atom. The SMILES string of the molecule is C[C@H]1C(O)=C(C#N)C[C@@]2(C)c3c(c(-c4ccccc4)nn3C)CC[C@H]12. The van der Waals surface area contributed by atoms with Crippen LogP contribution in [0, 0.1) is 23.2 Å². The van der Waals surface area contributed by atoms with E-state index in [2.05, 4.69) is 25.1 Å². The minimum Gasteiger partial charge on any atom is -0.511 e. The molecule has 0 bridgehead atoms. The van der Waals surface area contributed by atoms with E-state index in [1.165, 1.54) is 11.3 Å². The van der Waals surface area contributed by atoms with Crippen LogP contribution in [0.4, 0.5) is 0 Å². The number of aromatic nitrogens is 2. The first-order valence-electron chi connectivity index (χ1n) is 8.91. The fraction of sp³-hybridized carbons (Fsp3) is 0.429. The van der Waals surface area contributed by atoms with Crippen molar-refractivity contribution in [2.24, 2.45) is 18.9 Å². The van der Waals surface area contributed by atoms with Crippen LogP contribution in [0.25, 0.3) is 11.3 Å². The van der Waals surface area contributed by atoms with Crippen molar-refractivity contribution in [1.82, 2.24) is 9.78 Å². The molecule has 3 atom stereocenters. The minimum atomic E-state index is -0.168. The van der Waals surface area contributed by atoms with Gasteiger partial charge in [0.25, 0.3) is 0 Å². The van der Waals surface area contributed by atoms with Gasteiger partial charge >= 0.3 is 0 Å². The minimum absolute atomic E-state index is 0.0108. The first kappa shape index (κ1) is 16.0. The average Bonchev–Trinajstić information content (AvgIpc) is 2.97. The quantitative estimate of drug-likeness (QED) is 0.847. The van der Waals surface area contributed by atoms with Crippen molar-refractivity contribution < 1.29 is 5.11 Å². The molecule has 1 aromatic carbocycles. The Morgan fingerprint density at radius 2 is 2.04 bits per heavy atom. The summed E-state index contributed by atoms with van der Waals surface area (Å²) in [4.78, 5) is 0. The number of nitriles is 1. The van der Waals surface area contributed by atoms with Crippen LogP contribution < -0.4 is 0 Å². The number of hydrogen-bond acceptors (Lipinski definition) is 3. The van der Waals surface area contributed by atoms with E-state index in [0.717, 1.165) is 24.1 Å². The van der Waals surface area contributed by atoms with Crippen molar-refractivity contribution in [1.29, 1.82) is 5.26 Å². The molecule has 4 heteroatoms. The fourth-order valence-corrected chi connectivity index (χ4v) is 5.18. The van der Waals surface area contributed by atoms with E-state index >= 15 is 0 Å². The van der Waals surface area contributed by atoms with Gasteiger partial charge in [0.1, 0.15) is 5.76 Å². The summed E-state index contributed by atoms with van der Waals surface area (Å²) in [6.45, 7) is 4.29. The maximum atomic E-state index is 10.4. The second kappa shape index (κ2) is 5.49. The second-order valence-corrected chi connectivity index (χ2v) is 7.67. The molecular weight excluding hydrogens is 310 g/mol. The largest absolute Gasteiger partial charge is 0.511 e. The molecule has 0 aliphatic heterocycles. The van der Waals surface area contributed by atoms with E-state index in [-0.39, 0.29) is 11.3 Å². The molecule has 25 heavy (non-hydrogen) atoms. The predicted octanol–water partition coefficient (Wildman–Crippen LogP) is 4.28. The lowest BCUT2D eigenvalue weighted by atomic mass is 9.56. The number of rotatable bonds is 1. The first-order chi connectivity index (χ1) is 12.0. The molecule has 128 valence electrons. The molecule has 0 radical (unpaired) electrons. The zero-order valence-electron chi connectivity index (χ0n) is 15.0. The number of allylic oxidation sites excluding steroid dienone is 2. The number of fused-ring (bicyclic) bond motifs is 3. The molecular formula is C21H23N3O. The van der Waals surface area contributed by atoms with E-state index < -0.39 is 0 Å². The molecule has 0 saturated carbocycles. The van der Waals surface area contributed by atoms with Gasteiger partial charge in [-0.3, -0.25) is 4.68 Å². The lowest BCUT2D eigenvalue weighted by Gasteiger charge is -2.47. The van der Waals surface area contributed by atoms with Gasteiger partial charge in [-0.25, -0.2) is 0 Å². The highest BCUT2D eigenvalue weighted by Gasteiger charge is 2.50. The Morgan fingerprint density at radius 1 is 1.32 bits per heavy atom. The third-order valence-corrected chi connectivity index (χ3v) is 6.28. The molecule has 0 spiro atoms. The zero-order valence-corrected chi connectivity index (χ0v) is 15.0. The van der Waals surface area contributed by atoms with Gasteiger partial charge in [-0.05, 0) is 25.2 Å². The van der Waals surface area contributed by atoms with Crippen LogP contribution in [0.5, 0.6) is 0 Å². The summed E-state index contributed by atoms with van der Waals surface area (Å²) in [7, 11) is 2.01. The Balaban J connectivity index is 1.90. The molecule has 0 amide bonds. The van der Waals surface area contributed by atoms with Crippen LogP contribution in [0.15, 0.2) is 41.7 Å². The van der Waals surface area contributed by atoms with Crippen LogP contribution >= 0.6 is 0 Å². The van der Waals surface area contributed by atoms with Crippen molar-refractivity contribution in [2.75, 3.05) is 0 Å². The van der Waals surface area contributed by atoms with Gasteiger partial charge in [-0.1, -0.05) is 44.2 Å². The number of aliphatic hydroxyl groups is 1. The van der Waals surface area contributed by atoms with Gasteiger partial charge in [-0.2, -0.15) is 10.4 Å². The maximum absolute atomic E-state index is 10.4. The standard InChI is InChI=1S/C21H23N3O/c1-13-17-10-9-16-18(14-7-5-4-6-8-14)23-24(3)20(16)21(17,2)11-15(12-22)19(13)25/h4-8,13,17,25H,9-11H2,1-3H3/t13-,17-,21-/m1/s1. The van der Waals surface area contributed by atoms with E-state index in [1.54, 1.807) is 0 Å². The molecule has 2 aromatic rings. The number of benzene rings is 1. The molecule has 0 fully saturated rings. The van der Waals surface area contributed by atoms with Crippen LogP contribution in [0.3, 0.4) is 0 Å². The summed E-state index contributed by atoms with van der Waals surface area (Å²) in [5.74, 6) is 0.631. The summed E-state index contributed by atoms with van der Waals surface area (Å²) >= 11 is 0. The van der Waals surface area contributed by atoms with Crippen molar-refractivity contribution in [3.8, 4) is 17.3 Å². The highest BCUT2D eigenvalue weighted by atomic mass is 16.3. The van der Waals surface area contributed by atoms with Crippen LogP contribution in [-0.2, 0) is 18.9 Å². The summed E-state index contributed by atoms with van der Waals surface area (Å²) in [5.41, 5.74) is 5.10. The maximum Gasteiger partial charge on any atom is 0.109 e. The molecule has 0 unspecified atom stereocenters. The molecule has 1 aromatic heterocycles. The van der Waals surface area contributed by atoms with Gasteiger partial charge in [0.2, 0.25) is 0 Å². The highest BCUT2D eigenvalue weighted by Crippen LogP contribution is 2.54. The molecule has 0 saturated heterocycles. The topological polar surface area (TPSA) is 61.8 Å². The first-order valence-corrected chi connectivity index (χ1v) is 8.91. The molecule has 1 heterocycles. The number of aryl methyl sites for hydroxylation is 1. The van der Waals surface area contributed by atoms with E-state index in [1.807, 2.05) is 36.9 Å². The third-order valence-electron chi connectivity index (χ3n) is 6.28. The number of aliphatic hydroxyl groups excluding tert-OH is 1. The van der Waals surface area contributed by atoms with Gasteiger partial charge in [-0.15, -0.1) is 0 Å². The van der Waals surface area contributed by atoms with Crippen molar-refractivity contribution in [2.45, 2.75) is 38.5 Å². The van der Waals surface area contributed by atoms with Crippen LogP contribution in [0.1, 0.15) is 37.9 Å². The fourth-order valence-electron chi connectivity index (χ4n) is 5.18. The summed E-state index contributed by atoms with van der Waals surface area (Å²) < 4.78 is 2.01. The van der Waals surface area contributed by atoms with Gasteiger partial charge in [0.05, 0.1) is 17.3 Å². The lowest BCUT2D eigenvalue weighted by molar-refractivity contribution is 0.133. The van der Waals surface area contributed by atoms with E-state index in [4.69, 9.17) is 5.10 Å². The average molecular weight is 333 g/mol. The van der Waals surface area contributed by atoms with Gasteiger partial charge in [0.15, 0.2) is 0 Å². The Bertz CT molecular complexity index is 903. The Hall–Kier alpha value is -2.54. The second-order valence-electron chi connectivity index (χ2n) is 7.67. The third kappa shape index (κ3) is 2.15. The van der Waals surface area contributed by atoms with Gasteiger partial charge in [0, 0.05) is 35.2 Å². The number of nitrogens with zero attached hydrogens (tertiary/aromatic N) is 3. The summed E-state index contributed by atoms with van der Waals surface area (Å²) in [5, 5.41) is 24.8. The van der Waals surface area contributed by atoms with E-state index in [9.17, 15) is 10.4 Å². The summed E-state index contributed by atoms with van der Waals surface area (Å²) in [6.07, 6.45) is 2.57. The van der Waals surface area contributed by atoms with E-state index in [0.29, 0.717) is 23.7 Å². The lowest BCUT2D eigenvalue weighted by Crippen LogP contribution is -2.45. The Kier molecular flexibility index (Phi) is 3.50. The van der Waals surface area contributed by atoms with Crippen molar-refractivity contribution in [3.63, 3.8) is 0 Å². The molecule has 4 rings (SSSR count). The molecule has 4 nitrogen and oxygen atoms in total. The molecule has 2 aliphatic carbocycles. The monoisotopic (exact) mass is 333 g/mol. The molecule has 1 N–H and O–H groups in total. The normalized spacial score (nSPS) is 28.2. The number of hydrogen-bond donors (Lipinski definition) is 1. The van der Waals surface area contributed by atoms with Gasteiger partial charge < -0.3 is 5.11 Å². The predicted molar refractivity (Wildman–Crippen MR) is 96.9 cm³/mol. The Labute approximate surface area is 148 Å². The smallest absolute Gasteiger partial charge is 0.109 e. The van der Waals surface area contributed by atoms with Crippen LogP contribution in [-0.4, -0.2) is 14.9 Å². The zero-order chi connectivity index (χ0) is 17.8. The summed E-state index contributed by atoms with van der Waals surface area (Å²) in [6, 6.07) is 12.5. The molecule has 2 aliphatic rings. The highest BCUT2D eigenvalue weighted by molar-refractivity contribution is 5.65. The van der Waals surface area contributed by atoms with Crippen LogP contribution in [0.2, 0.25) is 0 Å². The van der Waals surface area contributed by atoms with Crippen molar-refractivity contribution >= 4 is 0 Å².